The van der Waals surface area contributed by atoms with Crippen molar-refractivity contribution in [2.24, 2.45) is 11.3 Å². The summed E-state index contributed by atoms with van der Waals surface area (Å²) in [5.74, 6) is 0.933. The van der Waals surface area contributed by atoms with Crippen LogP contribution < -0.4 is 5.32 Å². The fraction of sp³-hybridized carbons (Fsp3) is 1.00. The Kier molecular flexibility index (Phi) is 4.83. The Hall–Kier alpha value is -0.120. The number of rotatable bonds is 4. The second-order valence-electron chi connectivity index (χ2n) is 6.24. The Morgan fingerprint density at radius 2 is 1.88 bits per heavy atom. The van der Waals surface area contributed by atoms with Gasteiger partial charge in [0.2, 0.25) is 0 Å². The molecule has 0 aliphatic carbocycles. The van der Waals surface area contributed by atoms with Crippen LogP contribution in [0, 0.1) is 11.3 Å². The van der Waals surface area contributed by atoms with Gasteiger partial charge in [0.25, 0.3) is 0 Å². The molecule has 2 heterocycles. The van der Waals surface area contributed by atoms with Crippen LogP contribution in [0.5, 0.6) is 0 Å². The highest BCUT2D eigenvalue weighted by molar-refractivity contribution is 4.83. The van der Waals surface area contributed by atoms with Crippen molar-refractivity contribution in [2.75, 3.05) is 46.4 Å². The van der Waals surface area contributed by atoms with Crippen molar-refractivity contribution in [2.45, 2.75) is 32.6 Å². The van der Waals surface area contributed by atoms with Crippen LogP contribution in [-0.4, -0.2) is 51.3 Å². The van der Waals surface area contributed by atoms with E-state index >= 15 is 0 Å². The van der Waals surface area contributed by atoms with Crippen molar-refractivity contribution < 1.29 is 4.74 Å². The average molecular weight is 240 g/mol. The molecule has 0 saturated carbocycles. The first kappa shape index (κ1) is 13.3. The third-order valence-electron chi connectivity index (χ3n) is 4.53. The van der Waals surface area contributed by atoms with Crippen molar-refractivity contribution in [1.29, 1.82) is 0 Å². The smallest absolute Gasteiger partial charge is 0.0516 e. The van der Waals surface area contributed by atoms with Gasteiger partial charge in [0.1, 0.15) is 0 Å². The summed E-state index contributed by atoms with van der Waals surface area (Å²) in [7, 11) is 1.83. The summed E-state index contributed by atoms with van der Waals surface area (Å²) in [4.78, 5) is 2.67. The first-order chi connectivity index (χ1) is 8.22. The monoisotopic (exact) mass is 240 g/mol. The highest BCUT2D eigenvalue weighted by Crippen LogP contribution is 2.31. The van der Waals surface area contributed by atoms with Gasteiger partial charge in [0.05, 0.1) is 6.61 Å². The molecule has 2 rings (SSSR count). The van der Waals surface area contributed by atoms with E-state index in [1.165, 1.54) is 58.4 Å². The average Bonchev–Trinajstić information content (AvgIpc) is 2.34. The predicted octanol–water partition coefficient (Wildman–Crippen LogP) is 1.73. The fourth-order valence-corrected chi connectivity index (χ4v) is 3.20. The lowest BCUT2D eigenvalue weighted by molar-refractivity contribution is 0.0286. The van der Waals surface area contributed by atoms with Gasteiger partial charge in [-0.05, 0) is 63.2 Å². The summed E-state index contributed by atoms with van der Waals surface area (Å²) in [6, 6.07) is 0. The molecule has 0 amide bonds. The van der Waals surface area contributed by atoms with Gasteiger partial charge in [0, 0.05) is 13.7 Å². The lowest BCUT2D eigenvalue weighted by Crippen LogP contribution is -2.44. The molecule has 1 N–H and O–H groups in total. The van der Waals surface area contributed by atoms with E-state index < -0.39 is 0 Å². The molecular weight excluding hydrogens is 212 g/mol. The molecule has 0 aromatic carbocycles. The van der Waals surface area contributed by atoms with E-state index in [2.05, 4.69) is 17.1 Å². The van der Waals surface area contributed by atoms with Gasteiger partial charge in [-0.25, -0.2) is 0 Å². The van der Waals surface area contributed by atoms with E-state index in [0.717, 1.165) is 12.5 Å². The van der Waals surface area contributed by atoms with Gasteiger partial charge in [-0.1, -0.05) is 6.92 Å². The van der Waals surface area contributed by atoms with Gasteiger partial charge in [-0.15, -0.1) is 0 Å². The van der Waals surface area contributed by atoms with Crippen LogP contribution in [0.4, 0.5) is 0 Å². The Balaban J connectivity index is 1.71. The van der Waals surface area contributed by atoms with Crippen LogP contribution in [0.3, 0.4) is 0 Å². The van der Waals surface area contributed by atoms with Crippen molar-refractivity contribution in [3.05, 3.63) is 0 Å². The summed E-state index contributed by atoms with van der Waals surface area (Å²) in [5.41, 5.74) is 0.430. The standard InChI is InChI=1S/C14H28N2O/c1-14(12-17-2)5-9-16(10-6-14)11-13-3-7-15-8-4-13/h13,15H,3-12H2,1-2H3. The van der Waals surface area contributed by atoms with E-state index in [1.54, 1.807) is 0 Å². The minimum Gasteiger partial charge on any atom is -0.384 e. The molecule has 0 aromatic rings. The molecule has 17 heavy (non-hydrogen) atoms. The Labute approximate surface area is 106 Å². The number of piperidine rings is 2. The van der Waals surface area contributed by atoms with Crippen LogP contribution in [0.2, 0.25) is 0 Å². The van der Waals surface area contributed by atoms with Crippen molar-refractivity contribution >= 4 is 0 Å². The van der Waals surface area contributed by atoms with Crippen LogP contribution in [0.15, 0.2) is 0 Å². The van der Waals surface area contributed by atoms with E-state index in [1.807, 2.05) is 7.11 Å². The summed E-state index contributed by atoms with van der Waals surface area (Å²) in [6.45, 7) is 9.60. The molecule has 0 bridgehead atoms. The van der Waals surface area contributed by atoms with Crippen LogP contribution in [0.25, 0.3) is 0 Å². The van der Waals surface area contributed by atoms with Crippen LogP contribution in [0.1, 0.15) is 32.6 Å². The molecule has 3 heteroatoms. The van der Waals surface area contributed by atoms with Crippen molar-refractivity contribution in [1.82, 2.24) is 10.2 Å². The van der Waals surface area contributed by atoms with E-state index in [9.17, 15) is 0 Å². The number of methoxy groups -OCH3 is 1. The zero-order chi connectivity index (χ0) is 12.1. The zero-order valence-electron chi connectivity index (χ0n) is 11.5. The molecule has 0 aromatic heterocycles. The molecule has 0 spiro atoms. The SMILES string of the molecule is COCC1(C)CCN(CC2CCNCC2)CC1. The molecule has 2 saturated heterocycles. The molecule has 2 aliphatic rings. The molecule has 2 fully saturated rings. The first-order valence-corrected chi connectivity index (χ1v) is 7.14. The summed E-state index contributed by atoms with van der Waals surface area (Å²) in [5, 5.41) is 3.45. The molecule has 2 aliphatic heterocycles. The van der Waals surface area contributed by atoms with Crippen LogP contribution >= 0.6 is 0 Å². The highest BCUT2D eigenvalue weighted by Gasteiger charge is 2.30. The van der Waals surface area contributed by atoms with Crippen LogP contribution in [-0.2, 0) is 4.74 Å². The lowest BCUT2D eigenvalue weighted by atomic mass is 9.81. The number of nitrogens with one attached hydrogen (secondary N) is 1. The predicted molar refractivity (Wildman–Crippen MR) is 71.3 cm³/mol. The number of hydrogen-bond donors (Lipinski definition) is 1. The normalized spacial score (nSPS) is 27.2. The molecule has 0 unspecified atom stereocenters. The third kappa shape index (κ3) is 3.94. The second-order valence-corrected chi connectivity index (χ2v) is 6.24. The topological polar surface area (TPSA) is 24.5 Å². The second kappa shape index (κ2) is 6.17. The maximum atomic E-state index is 5.34. The van der Waals surface area contributed by atoms with E-state index in [0.29, 0.717) is 5.41 Å². The molecule has 0 radical (unpaired) electrons. The minimum atomic E-state index is 0.430. The summed E-state index contributed by atoms with van der Waals surface area (Å²) in [6.07, 6.45) is 5.33. The quantitative estimate of drug-likeness (QED) is 0.810. The van der Waals surface area contributed by atoms with E-state index in [4.69, 9.17) is 4.74 Å². The molecular formula is C14H28N2O. The fourth-order valence-electron chi connectivity index (χ4n) is 3.20. The molecule has 100 valence electrons. The Morgan fingerprint density at radius 3 is 2.47 bits per heavy atom. The maximum absolute atomic E-state index is 5.34. The number of likely N-dealkylation sites (tertiary alicyclic amines) is 1. The molecule has 0 atom stereocenters. The van der Waals surface area contributed by atoms with Gasteiger partial charge in [0.15, 0.2) is 0 Å². The molecule has 3 nitrogen and oxygen atoms in total. The third-order valence-corrected chi connectivity index (χ3v) is 4.53. The number of ether oxygens (including phenoxy) is 1. The maximum Gasteiger partial charge on any atom is 0.0516 e. The number of nitrogens with zero attached hydrogens (tertiary/aromatic N) is 1. The Bertz CT molecular complexity index is 218. The van der Waals surface area contributed by atoms with Crippen molar-refractivity contribution in [3.63, 3.8) is 0 Å². The van der Waals surface area contributed by atoms with Gasteiger partial charge in [-0.2, -0.15) is 0 Å². The minimum absolute atomic E-state index is 0.430. The van der Waals surface area contributed by atoms with Gasteiger partial charge >= 0.3 is 0 Å². The largest absolute Gasteiger partial charge is 0.384 e. The first-order valence-electron chi connectivity index (χ1n) is 7.14. The van der Waals surface area contributed by atoms with Crippen molar-refractivity contribution in [3.8, 4) is 0 Å². The number of hydrogen-bond acceptors (Lipinski definition) is 3. The summed E-state index contributed by atoms with van der Waals surface area (Å²) >= 11 is 0. The van der Waals surface area contributed by atoms with E-state index in [-0.39, 0.29) is 0 Å². The lowest BCUT2D eigenvalue weighted by Gasteiger charge is -2.40. The Morgan fingerprint density at radius 1 is 1.24 bits per heavy atom. The van der Waals surface area contributed by atoms with Gasteiger partial charge < -0.3 is 15.0 Å². The highest BCUT2D eigenvalue weighted by atomic mass is 16.5. The summed E-state index contributed by atoms with van der Waals surface area (Å²) < 4.78 is 5.34. The van der Waals surface area contributed by atoms with Gasteiger partial charge in [-0.3, -0.25) is 0 Å². The zero-order valence-corrected chi connectivity index (χ0v) is 11.5.